The van der Waals surface area contributed by atoms with E-state index < -0.39 is 0 Å². The lowest BCUT2D eigenvalue weighted by Gasteiger charge is -2.35. The topological polar surface area (TPSA) is 32.3 Å². The maximum atomic E-state index is 4.88. The van der Waals surface area contributed by atoms with Crippen LogP contribution in [0.2, 0.25) is 0 Å². The molecule has 0 aliphatic carbocycles. The van der Waals surface area contributed by atoms with Crippen molar-refractivity contribution in [1.82, 2.24) is 9.97 Å². The molecule has 3 rings (SSSR count). The Kier molecular flexibility index (Phi) is 4.98. The Balaban J connectivity index is 2.18. The molecular weight excluding hydrogens is 308 g/mol. The van der Waals surface area contributed by atoms with Gasteiger partial charge in [-0.05, 0) is 65.5 Å². The Morgan fingerprint density at radius 1 is 1.00 bits per heavy atom. The molecule has 134 valence electrons. The summed E-state index contributed by atoms with van der Waals surface area (Å²) in [5.41, 5.74) is 6.59. The van der Waals surface area contributed by atoms with Crippen LogP contribution in [0.4, 0.5) is 17.3 Å². The van der Waals surface area contributed by atoms with Gasteiger partial charge in [0.05, 0.1) is 0 Å². The third-order valence-corrected chi connectivity index (χ3v) is 5.11. The van der Waals surface area contributed by atoms with E-state index in [0.717, 1.165) is 49.9 Å². The van der Waals surface area contributed by atoms with E-state index in [4.69, 9.17) is 9.97 Å². The van der Waals surface area contributed by atoms with Crippen LogP contribution in [0.25, 0.3) is 0 Å². The summed E-state index contributed by atoms with van der Waals surface area (Å²) in [6, 6.07) is 4.55. The number of benzene rings is 1. The summed E-state index contributed by atoms with van der Waals surface area (Å²) in [5, 5.41) is 0. The molecule has 4 nitrogen and oxygen atoms in total. The number of aromatic nitrogens is 2. The molecule has 2 aromatic rings. The van der Waals surface area contributed by atoms with E-state index in [1.165, 1.54) is 27.9 Å². The highest BCUT2D eigenvalue weighted by Crippen LogP contribution is 2.39. The van der Waals surface area contributed by atoms with Gasteiger partial charge in [0, 0.05) is 30.9 Å². The van der Waals surface area contributed by atoms with Crippen molar-refractivity contribution in [1.29, 1.82) is 0 Å². The molecule has 0 bridgehead atoms. The third kappa shape index (κ3) is 3.22. The van der Waals surface area contributed by atoms with Gasteiger partial charge < -0.3 is 9.80 Å². The highest BCUT2D eigenvalue weighted by molar-refractivity contribution is 5.74. The lowest BCUT2D eigenvalue weighted by atomic mass is 9.99. The maximum absolute atomic E-state index is 4.88. The summed E-state index contributed by atoms with van der Waals surface area (Å²) < 4.78 is 0. The average Bonchev–Trinajstić information content (AvgIpc) is 2.55. The van der Waals surface area contributed by atoms with Crippen LogP contribution in [-0.2, 0) is 6.42 Å². The molecule has 0 fully saturated rings. The molecule has 2 heterocycles. The second-order valence-corrected chi connectivity index (χ2v) is 7.07. The lowest BCUT2D eigenvalue weighted by molar-refractivity contribution is 0.723. The van der Waals surface area contributed by atoms with E-state index in [9.17, 15) is 0 Å². The highest BCUT2D eigenvalue weighted by Gasteiger charge is 2.27. The second kappa shape index (κ2) is 7.03. The summed E-state index contributed by atoms with van der Waals surface area (Å²) in [5.74, 6) is 3.09. The fourth-order valence-corrected chi connectivity index (χ4v) is 4.13. The summed E-state index contributed by atoms with van der Waals surface area (Å²) in [6.07, 6.45) is 2.20. The van der Waals surface area contributed by atoms with Crippen molar-refractivity contribution in [2.75, 3.05) is 29.4 Å². The Morgan fingerprint density at radius 3 is 2.24 bits per heavy atom. The van der Waals surface area contributed by atoms with Gasteiger partial charge in [-0.1, -0.05) is 17.7 Å². The number of hydrogen-bond donors (Lipinski definition) is 0. The van der Waals surface area contributed by atoms with Gasteiger partial charge in [-0.3, -0.25) is 0 Å². The maximum Gasteiger partial charge on any atom is 0.142 e. The quantitative estimate of drug-likeness (QED) is 0.813. The van der Waals surface area contributed by atoms with Crippen LogP contribution in [0, 0.1) is 27.7 Å². The number of rotatable bonds is 4. The van der Waals surface area contributed by atoms with Crippen molar-refractivity contribution in [2.45, 2.75) is 54.4 Å². The smallest absolute Gasteiger partial charge is 0.142 e. The van der Waals surface area contributed by atoms with Gasteiger partial charge in [-0.15, -0.1) is 0 Å². The molecule has 0 saturated carbocycles. The van der Waals surface area contributed by atoms with Gasteiger partial charge in [-0.25, -0.2) is 9.97 Å². The van der Waals surface area contributed by atoms with Gasteiger partial charge >= 0.3 is 0 Å². The average molecular weight is 338 g/mol. The first kappa shape index (κ1) is 17.7. The molecule has 0 radical (unpaired) electrons. The molecule has 0 saturated heterocycles. The molecule has 0 amide bonds. The first-order valence-corrected chi connectivity index (χ1v) is 9.44. The molecular formula is C21H30N4. The molecule has 4 heteroatoms. The Hall–Kier alpha value is -2.10. The van der Waals surface area contributed by atoms with Crippen LogP contribution in [0.3, 0.4) is 0 Å². The zero-order valence-electron chi connectivity index (χ0n) is 16.5. The van der Waals surface area contributed by atoms with Gasteiger partial charge in [0.15, 0.2) is 0 Å². The number of fused-ring (bicyclic) bond motifs is 1. The third-order valence-electron chi connectivity index (χ3n) is 5.11. The van der Waals surface area contributed by atoms with Crippen molar-refractivity contribution in [3.63, 3.8) is 0 Å². The van der Waals surface area contributed by atoms with Gasteiger partial charge in [0.2, 0.25) is 0 Å². The molecule has 1 aliphatic heterocycles. The van der Waals surface area contributed by atoms with Crippen LogP contribution < -0.4 is 9.80 Å². The summed E-state index contributed by atoms with van der Waals surface area (Å²) in [4.78, 5) is 14.5. The Bertz CT molecular complexity index is 755. The van der Waals surface area contributed by atoms with Crippen molar-refractivity contribution in [3.8, 4) is 0 Å². The summed E-state index contributed by atoms with van der Waals surface area (Å²) in [6.45, 7) is 16.0. The van der Waals surface area contributed by atoms with Gasteiger partial charge in [-0.2, -0.15) is 0 Å². The molecule has 0 N–H and O–H groups in total. The fourth-order valence-electron chi connectivity index (χ4n) is 4.13. The number of nitrogens with zero attached hydrogens (tertiary/aromatic N) is 4. The molecule has 1 aliphatic rings. The van der Waals surface area contributed by atoms with E-state index in [2.05, 4.69) is 56.6 Å². The summed E-state index contributed by atoms with van der Waals surface area (Å²) in [7, 11) is 0. The van der Waals surface area contributed by atoms with Crippen LogP contribution >= 0.6 is 0 Å². The fraction of sp³-hybridized carbons (Fsp3) is 0.524. The normalized spacial score (nSPS) is 13.8. The van der Waals surface area contributed by atoms with E-state index >= 15 is 0 Å². The second-order valence-electron chi connectivity index (χ2n) is 7.07. The monoisotopic (exact) mass is 338 g/mol. The van der Waals surface area contributed by atoms with Gasteiger partial charge in [0.1, 0.15) is 17.5 Å². The zero-order chi connectivity index (χ0) is 18.1. The molecule has 0 spiro atoms. The van der Waals surface area contributed by atoms with Crippen LogP contribution in [0.5, 0.6) is 0 Å². The summed E-state index contributed by atoms with van der Waals surface area (Å²) >= 11 is 0. The Morgan fingerprint density at radius 2 is 1.64 bits per heavy atom. The minimum atomic E-state index is 0.856. The number of hydrogen-bond acceptors (Lipinski definition) is 4. The minimum Gasteiger partial charge on any atom is -0.357 e. The van der Waals surface area contributed by atoms with E-state index in [0.29, 0.717) is 0 Å². The van der Waals surface area contributed by atoms with Gasteiger partial charge in [0.25, 0.3) is 0 Å². The SMILES string of the molecule is CCN(CC)c1nc(C)nc2c1CCCN2c1c(C)cc(C)cc1C. The van der Waals surface area contributed by atoms with Crippen LogP contribution in [0.15, 0.2) is 12.1 Å². The minimum absolute atomic E-state index is 0.856. The van der Waals surface area contributed by atoms with Crippen molar-refractivity contribution in [2.24, 2.45) is 0 Å². The number of anilines is 3. The zero-order valence-corrected chi connectivity index (χ0v) is 16.5. The van der Waals surface area contributed by atoms with Crippen LogP contribution in [0.1, 0.15) is 48.3 Å². The van der Waals surface area contributed by atoms with Crippen molar-refractivity contribution < 1.29 is 0 Å². The Labute approximate surface area is 151 Å². The van der Waals surface area contributed by atoms with Crippen molar-refractivity contribution in [3.05, 3.63) is 40.2 Å². The predicted molar refractivity (Wildman–Crippen MR) is 106 cm³/mol. The first-order valence-electron chi connectivity index (χ1n) is 9.44. The first-order chi connectivity index (χ1) is 12.0. The van der Waals surface area contributed by atoms with E-state index in [-0.39, 0.29) is 0 Å². The lowest BCUT2D eigenvalue weighted by Crippen LogP contribution is -2.31. The van der Waals surface area contributed by atoms with E-state index in [1.54, 1.807) is 0 Å². The van der Waals surface area contributed by atoms with E-state index in [1.807, 2.05) is 6.92 Å². The number of aryl methyl sites for hydroxylation is 4. The molecule has 25 heavy (non-hydrogen) atoms. The molecule has 1 aromatic heterocycles. The van der Waals surface area contributed by atoms with Crippen molar-refractivity contribution >= 4 is 17.3 Å². The van der Waals surface area contributed by atoms with Crippen LogP contribution in [-0.4, -0.2) is 29.6 Å². The molecule has 0 unspecified atom stereocenters. The highest BCUT2D eigenvalue weighted by atomic mass is 15.3. The molecule has 0 atom stereocenters. The standard InChI is InChI=1S/C21H30N4/c1-7-24(8-2)20-18-10-9-11-25(21(18)23-17(6)22-20)19-15(4)12-14(3)13-16(19)5/h12-13H,7-11H2,1-6H3. The molecule has 1 aromatic carbocycles. The predicted octanol–water partition coefficient (Wildman–Crippen LogP) is 4.64. The largest absolute Gasteiger partial charge is 0.357 e.